The minimum Gasteiger partial charge on any atom is -0.302 e. The molecule has 1 N–H and O–H groups in total. The number of anilines is 1. The lowest BCUT2D eigenvalue weighted by molar-refractivity contribution is -0.115. The molecule has 110 valence electrons. The molecule has 1 amide bonds. The Balaban J connectivity index is 1.64. The minimum absolute atomic E-state index is 0.0310. The Kier molecular flexibility index (Phi) is 4.27. The Hall–Kier alpha value is -1.39. The first-order valence-corrected chi connectivity index (χ1v) is 8.32. The average Bonchev–Trinajstić information content (AvgIpc) is 2.82. The van der Waals surface area contributed by atoms with E-state index in [1.165, 1.54) is 17.0 Å². The van der Waals surface area contributed by atoms with Crippen molar-refractivity contribution in [3.8, 4) is 0 Å². The lowest BCUT2D eigenvalue weighted by atomic mass is 9.93. The normalized spacial score (nSPS) is 17.3. The highest BCUT2D eigenvalue weighted by molar-refractivity contribution is 7.15. The Morgan fingerprint density at radius 1 is 1.43 bits per heavy atom. The van der Waals surface area contributed by atoms with Crippen LogP contribution in [-0.4, -0.2) is 10.9 Å². The van der Waals surface area contributed by atoms with Crippen molar-refractivity contribution < 1.29 is 4.79 Å². The third kappa shape index (κ3) is 3.63. The number of carbonyl (C=O) groups excluding carboxylic acids is 1. The maximum atomic E-state index is 12.1. The summed E-state index contributed by atoms with van der Waals surface area (Å²) >= 11 is 7.46. The minimum atomic E-state index is -0.0310. The molecule has 1 atom stereocenters. The first-order valence-electron chi connectivity index (χ1n) is 7.13. The SMILES string of the molecule is C[C@@H]1CCc2nc(NC(=O)Cc3ccc(Cl)cc3)sc2C1. The van der Waals surface area contributed by atoms with Crippen LogP contribution in [-0.2, 0) is 24.1 Å². The second kappa shape index (κ2) is 6.16. The molecule has 1 aromatic carbocycles. The predicted molar refractivity (Wildman–Crippen MR) is 87.1 cm³/mol. The van der Waals surface area contributed by atoms with Gasteiger partial charge in [0, 0.05) is 9.90 Å². The van der Waals surface area contributed by atoms with Gasteiger partial charge in [0.15, 0.2) is 5.13 Å². The number of halogens is 1. The van der Waals surface area contributed by atoms with Crippen molar-refractivity contribution in [1.29, 1.82) is 0 Å². The second-order valence-corrected chi connectivity index (χ2v) is 7.11. The summed E-state index contributed by atoms with van der Waals surface area (Å²) in [5.41, 5.74) is 2.12. The zero-order valence-corrected chi connectivity index (χ0v) is 13.4. The van der Waals surface area contributed by atoms with E-state index in [9.17, 15) is 4.79 Å². The molecule has 3 nitrogen and oxygen atoms in total. The standard InChI is InChI=1S/C16H17ClN2OS/c1-10-2-7-13-14(8-10)21-16(18-13)19-15(20)9-11-3-5-12(17)6-4-11/h3-6,10H,2,7-9H2,1H3,(H,18,19,20)/t10-/m1/s1. The van der Waals surface area contributed by atoms with Crippen LogP contribution < -0.4 is 5.32 Å². The highest BCUT2D eigenvalue weighted by atomic mass is 35.5. The Bertz CT molecular complexity index is 651. The molecular formula is C16H17ClN2OS. The molecule has 0 spiro atoms. The van der Waals surface area contributed by atoms with Crippen LogP contribution in [0.3, 0.4) is 0 Å². The number of thiazole rings is 1. The van der Waals surface area contributed by atoms with Crippen LogP contribution >= 0.6 is 22.9 Å². The van der Waals surface area contributed by atoms with Gasteiger partial charge in [0.05, 0.1) is 12.1 Å². The quantitative estimate of drug-likeness (QED) is 0.925. The van der Waals surface area contributed by atoms with Crippen LogP contribution in [0.15, 0.2) is 24.3 Å². The lowest BCUT2D eigenvalue weighted by Crippen LogP contribution is -2.14. The zero-order chi connectivity index (χ0) is 14.8. The number of benzene rings is 1. The van der Waals surface area contributed by atoms with Crippen molar-refractivity contribution >= 4 is 34.0 Å². The lowest BCUT2D eigenvalue weighted by Gasteiger charge is -2.15. The highest BCUT2D eigenvalue weighted by Crippen LogP contribution is 2.32. The van der Waals surface area contributed by atoms with Gasteiger partial charge in [-0.2, -0.15) is 0 Å². The number of nitrogens with zero attached hydrogens (tertiary/aromatic N) is 1. The van der Waals surface area contributed by atoms with Gasteiger partial charge in [-0.25, -0.2) is 4.98 Å². The molecule has 0 unspecified atom stereocenters. The van der Waals surface area contributed by atoms with Crippen LogP contribution in [0.1, 0.15) is 29.5 Å². The monoisotopic (exact) mass is 320 g/mol. The van der Waals surface area contributed by atoms with E-state index in [0.717, 1.165) is 29.5 Å². The molecule has 0 fully saturated rings. The van der Waals surface area contributed by atoms with Crippen LogP contribution in [0.5, 0.6) is 0 Å². The van der Waals surface area contributed by atoms with E-state index in [-0.39, 0.29) is 5.91 Å². The van der Waals surface area contributed by atoms with E-state index >= 15 is 0 Å². The summed E-state index contributed by atoms with van der Waals surface area (Å²) < 4.78 is 0. The van der Waals surface area contributed by atoms with Crippen LogP contribution in [0, 0.1) is 5.92 Å². The fraction of sp³-hybridized carbons (Fsp3) is 0.375. The van der Waals surface area contributed by atoms with Crippen LogP contribution in [0.4, 0.5) is 5.13 Å². The molecule has 5 heteroatoms. The molecule has 3 rings (SSSR count). The average molecular weight is 321 g/mol. The van der Waals surface area contributed by atoms with Crippen molar-refractivity contribution in [2.45, 2.75) is 32.6 Å². The number of amides is 1. The molecule has 0 aliphatic heterocycles. The van der Waals surface area contributed by atoms with E-state index in [1.807, 2.05) is 12.1 Å². The van der Waals surface area contributed by atoms with Crippen molar-refractivity contribution in [2.24, 2.45) is 5.92 Å². The summed E-state index contributed by atoms with van der Waals surface area (Å²) in [7, 11) is 0. The Morgan fingerprint density at radius 2 is 2.19 bits per heavy atom. The van der Waals surface area contributed by atoms with E-state index in [1.54, 1.807) is 23.5 Å². The summed E-state index contributed by atoms with van der Waals surface area (Å²) in [4.78, 5) is 17.9. The van der Waals surface area contributed by atoms with Crippen LogP contribution in [0.2, 0.25) is 5.02 Å². The smallest absolute Gasteiger partial charge is 0.230 e. The molecule has 1 aromatic heterocycles. The molecule has 0 radical (unpaired) electrons. The van der Waals surface area contributed by atoms with Crippen LogP contribution in [0.25, 0.3) is 0 Å². The number of aryl methyl sites for hydroxylation is 1. The Morgan fingerprint density at radius 3 is 2.95 bits per heavy atom. The third-order valence-electron chi connectivity index (χ3n) is 3.71. The summed E-state index contributed by atoms with van der Waals surface area (Å²) in [5, 5.41) is 4.32. The fourth-order valence-electron chi connectivity index (χ4n) is 2.54. The van der Waals surface area contributed by atoms with Gasteiger partial charge in [-0.1, -0.05) is 30.7 Å². The molecule has 0 bridgehead atoms. The van der Waals surface area contributed by atoms with Gasteiger partial charge >= 0.3 is 0 Å². The molecule has 1 heterocycles. The van der Waals surface area contributed by atoms with E-state index < -0.39 is 0 Å². The van der Waals surface area contributed by atoms with E-state index in [4.69, 9.17) is 11.6 Å². The van der Waals surface area contributed by atoms with Gasteiger partial charge < -0.3 is 5.32 Å². The highest BCUT2D eigenvalue weighted by Gasteiger charge is 2.20. The molecule has 1 aliphatic rings. The van der Waals surface area contributed by atoms with Crippen molar-refractivity contribution in [3.05, 3.63) is 45.4 Å². The first kappa shape index (κ1) is 14.5. The maximum Gasteiger partial charge on any atom is 0.230 e. The number of aromatic nitrogens is 1. The molecule has 0 saturated heterocycles. The largest absolute Gasteiger partial charge is 0.302 e. The molecular weight excluding hydrogens is 304 g/mol. The van der Waals surface area contributed by atoms with E-state index in [0.29, 0.717) is 11.4 Å². The number of hydrogen-bond donors (Lipinski definition) is 1. The van der Waals surface area contributed by atoms with Crippen molar-refractivity contribution in [2.75, 3.05) is 5.32 Å². The van der Waals surface area contributed by atoms with Gasteiger partial charge in [0.25, 0.3) is 0 Å². The number of hydrogen-bond acceptors (Lipinski definition) is 3. The second-order valence-electron chi connectivity index (χ2n) is 5.59. The number of fused-ring (bicyclic) bond motifs is 1. The molecule has 1 aliphatic carbocycles. The summed E-state index contributed by atoms with van der Waals surface area (Å²) in [5.74, 6) is 0.687. The summed E-state index contributed by atoms with van der Waals surface area (Å²) in [6, 6.07) is 7.34. The number of carbonyl (C=O) groups is 1. The molecule has 21 heavy (non-hydrogen) atoms. The van der Waals surface area contributed by atoms with Gasteiger partial charge in [0.2, 0.25) is 5.91 Å². The van der Waals surface area contributed by atoms with Gasteiger partial charge in [0.1, 0.15) is 0 Å². The topological polar surface area (TPSA) is 42.0 Å². The fourth-order valence-corrected chi connectivity index (χ4v) is 3.86. The Labute approximate surface area is 133 Å². The van der Waals surface area contributed by atoms with Gasteiger partial charge in [-0.05, 0) is 42.9 Å². The maximum absolute atomic E-state index is 12.1. The summed E-state index contributed by atoms with van der Waals surface area (Å²) in [6.07, 6.45) is 3.65. The molecule has 0 saturated carbocycles. The van der Waals surface area contributed by atoms with Gasteiger partial charge in [-0.3, -0.25) is 4.79 Å². The summed E-state index contributed by atoms with van der Waals surface area (Å²) in [6.45, 7) is 2.27. The van der Waals surface area contributed by atoms with E-state index in [2.05, 4.69) is 17.2 Å². The zero-order valence-electron chi connectivity index (χ0n) is 11.9. The number of rotatable bonds is 3. The third-order valence-corrected chi connectivity index (χ3v) is 5.00. The first-order chi connectivity index (χ1) is 10.1. The number of nitrogens with one attached hydrogen (secondary N) is 1. The predicted octanol–water partition coefficient (Wildman–Crippen LogP) is 4.10. The van der Waals surface area contributed by atoms with Crippen molar-refractivity contribution in [1.82, 2.24) is 4.98 Å². The van der Waals surface area contributed by atoms with Gasteiger partial charge in [-0.15, -0.1) is 11.3 Å². The molecule has 2 aromatic rings. The van der Waals surface area contributed by atoms with Crippen molar-refractivity contribution in [3.63, 3.8) is 0 Å².